The fraction of sp³-hybridized carbons (Fsp3) is 0. The van der Waals surface area contributed by atoms with Crippen LogP contribution < -0.4 is 5.32 Å². The van der Waals surface area contributed by atoms with Gasteiger partial charge in [-0.3, -0.25) is 4.79 Å². The number of hydrogen-bond acceptors (Lipinski definition) is 3. The highest BCUT2D eigenvalue weighted by atomic mass is 35.5. The molecule has 2 aromatic carbocycles. The smallest absolute Gasteiger partial charge is 0.263 e. The molecule has 1 amide bonds. The molecule has 0 heterocycles. The summed E-state index contributed by atoms with van der Waals surface area (Å²) in [5.41, 5.74) is -0.0167. The Morgan fingerprint density at radius 1 is 0.947 bits per heavy atom. The Kier molecular flexibility index (Phi) is 3.83. The van der Waals surface area contributed by atoms with Gasteiger partial charge in [0.2, 0.25) is 0 Å². The Morgan fingerprint density at radius 3 is 1.95 bits per heavy atom. The molecule has 0 aromatic heterocycles. The highest BCUT2D eigenvalue weighted by Gasteiger charge is 2.18. The molecule has 6 heteroatoms. The third-order valence-electron chi connectivity index (χ3n) is 2.45. The molecule has 0 atom stereocenters. The second-order valence-electron chi connectivity index (χ2n) is 3.72. The van der Waals surface area contributed by atoms with E-state index >= 15 is 0 Å². The number of phenolic OH excluding ortho intramolecular Hbond substituents is 2. The predicted octanol–water partition coefficient (Wildman–Crippen LogP) is 3.66. The highest BCUT2D eigenvalue weighted by molar-refractivity contribution is 6.40. The van der Waals surface area contributed by atoms with Crippen LogP contribution in [0.25, 0.3) is 0 Å². The zero-order valence-corrected chi connectivity index (χ0v) is 11.0. The van der Waals surface area contributed by atoms with Crippen molar-refractivity contribution >= 4 is 34.8 Å². The fourth-order valence-corrected chi connectivity index (χ4v) is 2.05. The van der Waals surface area contributed by atoms with E-state index in [0.29, 0.717) is 0 Å². The van der Waals surface area contributed by atoms with Crippen molar-refractivity contribution in [1.82, 2.24) is 0 Å². The normalized spacial score (nSPS) is 10.2. The van der Waals surface area contributed by atoms with E-state index in [-0.39, 0.29) is 32.8 Å². The standard InChI is InChI=1S/C13H9Cl2NO3/c14-7-3-1-4-8(15)12(7)16-13(19)11-9(17)5-2-6-10(11)18/h1-6,17-18H,(H,16,19). The van der Waals surface area contributed by atoms with Crippen LogP contribution in [-0.4, -0.2) is 16.1 Å². The number of halogens is 2. The first-order valence-electron chi connectivity index (χ1n) is 5.27. The summed E-state index contributed by atoms with van der Waals surface area (Å²) in [4.78, 5) is 12.0. The minimum Gasteiger partial charge on any atom is -0.507 e. The zero-order valence-electron chi connectivity index (χ0n) is 9.52. The number of phenols is 2. The van der Waals surface area contributed by atoms with Crippen LogP contribution in [0.2, 0.25) is 10.0 Å². The molecule has 0 aliphatic rings. The van der Waals surface area contributed by atoms with Crippen LogP contribution in [0.1, 0.15) is 10.4 Å². The number of nitrogens with one attached hydrogen (secondary N) is 1. The lowest BCUT2D eigenvalue weighted by molar-refractivity contribution is 0.102. The first kappa shape index (κ1) is 13.5. The van der Waals surface area contributed by atoms with E-state index in [1.165, 1.54) is 18.2 Å². The lowest BCUT2D eigenvalue weighted by Gasteiger charge is -2.10. The number of rotatable bonds is 2. The van der Waals surface area contributed by atoms with Gasteiger partial charge in [-0.2, -0.15) is 0 Å². The molecule has 0 unspecified atom stereocenters. The van der Waals surface area contributed by atoms with Crippen LogP contribution in [0.5, 0.6) is 11.5 Å². The number of benzene rings is 2. The van der Waals surface area contributed by atoms with Crippen LogP contribution >= 0.6 is 23.2 Å². The van der Waals surface area contributed by atoms with Gasteiger partial charge in [0.1, 0.15) is 17.1 Å². The van der Waals surface area contributed by atoms with Crippen molar-refractivity contribution in [3.05, 3.63) is 52.0 Å². The Morgan fingerprint density at radius 2 is 1.42 bits per heavy atom. The van der Waals surface area contributed by atoms with E-state index in [4.69, 9.17) is 23.2 Å². The van der Waals surface area contributed by atoms with Gasteiger partial charge in [-0.05, 0) is 24.3 Å². The third-order valence-corrected chi connectivity index (χ3v) is 3.08. The Hall–Kier alpha value is -1.91. The summed E-state index contributed by atoms with van der Waals surface area (Å²) in [6.45, 7) is 0. The average molecular weight is 298 g/mol. The maximum Gasteiger partial charge on any atom is 0.263 e. The molecule has 2 aromatic rings. The van der Waals surface area contributed by atoms with Crippen molar-refractivity contribution in [1.29, 1.82) is 0 Å². The summed E-state index contributed by atoms with van der Waals surface area (Å²) in [5, 5.41) is 22.2. The van der Waals surface area contributed by atoms with Crippen LogP contribution in [0.3, 0.4) is 0 Å². The molecule has 3 N–H and O–H groups in total. The van der Waals surface area contributed by atoms with E-state index in [9.17, 15) is 15.0 Å². The summed E-state index contributed by atoms with van der Waals surface area (Å²) >= 11 is 11.8. The minimum atomic E-state index is -0.703. The fourth-order valence-electron chi connectivity index (χ4n) is 1.55. The molecule has 98 valence electrons. The number of carbonyl (C=O) groups is 1. The van der Waals surface area contributed by atoms with Gasteiger partial charge in [-0.1, -0.05) is 35.3 Å². The molecule has 0 spiro atoms. The maximum atomic E-state index is 12.0. The number of hydrogen-bond donors (Lipinski definition) is 3. The number of amides is 1. The van der Waals surface area contributed by atoms with Crippen LogP contribution in [0, 0.1) is 0 Å². The van der Waals surface area contributed by atoms with E-state index in [2.05, 4.69) is 5.32 Å². The molecule has 0 aliphatic carbocycles. The van der Waals surface area contributed by atoms with Gasteiger partial charge >= 0.3 is 0 Å². The molecule has 0 fully saturated rings. The van der Waals surface area contributed by atoms with Gasteiger partial charge < -0.3 is 15.5 Å². The zero-order chi connectivity index (χ0) is 14.0. The van der Waals surface area contributed by atoms with E-state index < -0.39 is 5.91 Å². The lowest BCUT2D eigenvalue weighted by atomic mass is 10.1. The van der Waals surface area contributed by atoms with Crippen LogP contribution in [0.15, 0.2) is 36.4 Å². The first-order chi connectivity index (χ1) is 9.00. The van der Waals surface area contributed by atoms with Gasteiger partial charge in [0, 0.05) is 0 Å². The largest absolute Gasteiger partial charge is 0.507 e. The second-order valence-corrected chi connectivity index (χ2v) is 4.54. The highest BCUT2D eigenvalue weighted by Crippen LogP contribution is 2.32. The van der Waals surface area contributed by atoms with E-state index in [1.54, 1.807) is 18.2 Å². The molecule has 2 rings (SSSR count). The summed E-state index contributed by atoms with van der Waals surface area (Å²) in [7, 11) is 0. The summed E-state index contributed by atoms with van der Waals surface area (Å²) in [6.07, 6.45) is 0. The Labute approximate surface area is 119 Å². The average Bonchev–Trinajstić information content (AvgIpc) is 2.34. The van der Waals surface area contributed by atoms with Gasteiger partial charge in [-0.15, -0.1) is 0 Å². The van der Waals surface area contributed by atoms with Gasteiger partial charge in [0.05, 0.1) is 15.7 Å². The number of aromatic hydroxyl groups is 2. The monoisotopic (exact) mass is 297 g/mol. The van der Waals surface area contributed by atoms with Crippen molar-refractivity contribution in [3.8, 4) is 11.5 Å². The second kappa shape index (κ2) is 5.38. The number of carbonyl (C=O) groups excluding carboxylic acids is 1. The summed E-state index contributed by atoms with van der Waals surface area (Å²) in [6, 6.07) is 8.77. The quantitative estimate of drug-likeness (QED) is 0.792. The summed E-state index contributed by atoms with van der Waals surface area (Å²) < 4.78 is 0. The molecular weight excluding hydrogens is 289 g/mol. The summed E-state index contributed by atoms with van der Waals surface area (Å²) in [5.74, 6) is -1.37. The van der Waals surface area contributed by atoms with E-state index in [1.807, 2.05) is 0 Å². The van der Waals surface area contributed by atoms with Crippen molar-refractivity contribution in [2.75, 3.05) is 5.32 Å². The molecular formula is C13H9Cl2NO3. The molecule has 19 heavy (non-hydrogen) atoms. The van der Waals surface area contributed by atoms with Crippen LogP contribution in [0.4, 0.5) is 5.69 Å². The maximum absolute atomic E-state index is 12.0. The topological polar surface area (TPSA) is 69.6 Å². The Bertz CT molecular complexity index is 603. The first-order valence-corrected chi connectivity index (χ1v) is 6.02. The SMILES string of the molecule is O=C(Nc1c(Cl)cccc1Cl)c1c(O)cccc1O. The van der Waals surface area contributed by atoms with Crippen LogP contribution in [-0.2, 0) is 0 Å². The van der Waals surface area contributed by atoms with Gasteiger partial charge in [-0.25, -0.2) is 0 Å². The number of anilines is 1. The van der Waals surface area contributed by atoms with Crippen molar-refractivity contribution in [2.24, 2.45) is 0 Å². The van der Waals surface area contributed by atoms with Gasteiger partial charge in [0.25, 0.3) is 5.91 Å². The molecule has 0 aliphatic heterocycles. The lowest BCUT2D eigenvalue weighted by Crippen LogP contribution is -2.13. The van der Waals surface area contributed by atoms with Crippen molar-refractivity contribution in [3.63, 3.8) is 0 Å². The molecule has 0 bridgehead atoms. The van der Waals surface area contributed by atoms with E-state index in [0.717, 1.165) is 0 Å². The molecule has 0 radical (unpaired) electrons. The van der Waals surface area contributed by atoms with Crippen molar-refractivity contribution in [2.45, 2.75) is 0 Å². The number of para-hydroxylation sites is 1. The van der Waals surface area contributed by atoms with Crippen molar-refractivity contribution < 1.29 is 15.0 Å². The van der Waals surface area contributed by atoms with Gasteiger partial charge in [0.15, 0.2) is 0 Å². The minimum absolute atomic E-state index is 0.221. The molecule has 0 saturated heterocycles. The Balaban J connectivity index is 2.37. The predicted molar refractivity (Wildman–Crippen MR) is 74.2 cm³/mol. The third kappa shape index (κ3) is 2.75. The molecule has 4 nitrogen and oxygen atoms in total. The molecule has 0 saturated carbocycles.